The molecule has 1 aromatic heterocycles. The van der Waals surface area contributed by atoms with Crippen molar-refractivity contribution in [3.63, 3.8) is 0 Å². The highest BCUT2D eigenvalue weighted by atomic mass is 32.1. The average Bonchev–Trinajstić information content (AvgIpc) is 2.82. The van der Waals surface area contributed by atoms with Gasteiger partial charge in [-0.3, -0.25) is 10.1 Å². The summed E-state index contributed by atoms with van der Waals surface area (Å²) in [7, 11) is 0. The van der Waals surface area contributed by atoms with Crippen LogP contribution in [0.5, 0.6) is 0 Å². The zero-order chi connectivity index (χ0) is 13.9. The van der Waals surface area contributed by atoms with Crippen molar-refractivity contribution in [3.8, 4) is 0 Å². The predicted octanol–water partition coefficient (Wildman–Crippen LogP) is 2.77. The van der Waals surface area contributed by atoms with E-state index in [1.807, 2.05) is 18.2 Å². The van der Waals surface area contributed by atoms with Gasteiger partial charge in [0.25, 0.3) is 0 Å². The van der Waals surface area contributed by atoms with Gasteiger partial charge < -0.3 is 10.2 Å². The lowest BCUT2D eigenvalue weighted by atomic mass is 10.1. The van der Waals surface area contributed by atoms with E-state index in [9.17, 15) is 10.1 Å². The molecule has 1 aliphatic rings. The minimum absolute atomic E-state index is 0.209. The van der Waals surface area contributed by atoms with Crippen molar-refractivity contribution < 1.29 is 4.92 Å². The third-order valence-electron chi connectivity index (χ3n) is 3.38. The van der Waals surface area contributed by atoms with Gasteiger partial charge in [0.2, 0.25) is 0 Å². The summed E-state index contributed by atoms with van der Waals surface area (Å²) >= 11 is 1.25. The molecule has 1 aromatic carbocycles. The summed E-state index contributed by atoms with van der Waals surface area (Å²) < 4.78 is 0. The summed E-state index contributed by atoms with van der Waals surface area (Å²) in [6.45, 7) is 3.42. The number of anilines is 1. The SMILES string of the molecule is O=[N+]([O-])c1ccc(CN2CCNCc3ccccc32)s1. The molecule has 0 aliphatic carbocycles. The molecule has 0 unspecified atom stereocenters. The molecule has 6 heteroatoms. The zero-order valence-corrected chi connectivity index (χ0v) is 11.7. The first-order valence-electron chi connectivity index (χ1n) is 6.51. The van der Waals surface area contributed by atoms with E-state index in [1.165, 1.54) is 22.6 Å². The minimum atomic E-state index is -0.327. The number of nitro groups is 1. The molecule has 1 aliphatic heterocycles. The van der Waals surface area contributed by atoms with Gasteiger partial charge >= 0.3 is 5.00 Å². The Balaban J connectivity index is 1.84. The number of nitrogens with zero attached hydrogens (tertiary/aromatic N) is 2. The summed E-state index contributed by atoms with van der Waals surface area (Å²) in [6.07, 6.45) is 0. The molecule has 104 valence electrons. The monoisotopic (exact) mass is 289 g/mol. The third-order valence-corrected chi connectivity index (χ3v) is 4.40. The van der Waals surface area contributed by atoms with E-state index in [0.29, 0.717) is 0 Å². The minimum Gasteiger partial charge on any atom is -0.365 e. The Morgan fingerprint density at radius 2 is 2.15 bits per heavy atom. The first kappa shape index (κ1) is 13.1. The van der Waals surface area contributed by atoms with Crippen molar-refractivity contribution in [1.29, 1.82) is 0 Å². The largest absolute Gasteiger partial charge is 0.365 e. The van der Waals surface area contributed by atoms with Crippen molar-refractivity contribution in [3.05, 3.63) is 57.0 Å². The van der Waals surface area contributed by atoms with Gasteiger partial charge in [-0.1, -0.05) is 29.5 Å². The Kier molecular flexibility index (Phi) is 3.66. The normalized spacial score (nSPS) is 14.7. The molecule has 2 heterocycles. The number of thiophene rings is 1. The van der Waals surface area contributed by atoms with Crippen molar-refractivity contribution in [2.75, 3.05) is 18.0 Å². The van der Waals surface area contributed by atoms with Gasteiger partial charge in [-0.05, 0) is 17.7 Å². The Morgan fingerprint density at radius 1 is 1.30 bits per heavy atom. The number of rotatable bonds is 3. The van der Waals surface area contributed by atoms with Crippen molar-refractivity contribution in [1.82, 2.24) is 5.32 Å². The average molecular weight is 289 g/mol. The van der Waals surface area contributed by atoms with Crippen molar-refractivity contribution in [2.24, 2.45) is 0 Å². The summed E-state index contributed by atoms with van der Waals surface area (Å²) in [5.74, 6) is 0. The lowest BCUT2D eigenvalue weighted by molar-refractivity contribution is -0.380. The molecular formula is C14H15N3O2S. The summed E-state index contributed by atoms with van der Waals surface area (Å²) in [5, 5.41) is 14.4. The highest BCUT2D eigenvalue weighted by Crippen LogP contribution is 2.28. The Bertz CT molecular complexity index is 626. The molecule has 0 saturated heterocycles. The van der Waals surface area contributed by atoms with Gasteiger partial charge in [-0.2, -0.15) is 0 Å². The summed E-state index contributed by atoms with van der Waals surface area (Å²) in [4.78, 5) is 13.7. The van der Waals surface area contributed by atoms with Crippen LogP contribution in [0.25, 0.3) is 0 Å². The number of para-hydroxylation sites is 1. The summed E-state index contributed by atoms with van der Waals surface area (Å²) in [6, 6.07) is 11.8. The molecule has 1 N–H and O–H groups in total. The lowest BCUT2D eigenvalue weighted by Crippen LogP contribution is -2.27. The van der Waals surface area contributed by atoms with Crippen LogP contribution in [0.4, 0.5) is 10.7 Å². The number of nitrogens with one attached hydrogen (secondary N) is 1. The topological polar surface area (TPSA) is 58.4 Å². The first-order valence-corrected chi connectivity index (χ1v) is 7.32. The van der Waals surface area contributed by atoms with Crippen LogP contribution in [0.3, 0.4) is 0 Å². The Hall–Kier alpha value is -1.92. The molecule has 3 rings (SSSR count). The van der Waals surface area contributed by atoms with Crippen LogP contribution in [0.1, 0.15) is 10.4 Å². The molecule has 0 fully saturated rings. The van der Waals surface area contributed by atoms with E-state index in [-0.39, 0.29) is 9.92 Å². The molecule has 0 amide bonds. The zero-order valence-electron chi connectivity index (χ0n) is 10.9. The quantitative estimate of drug-likeness (QED) is 0.697. The molecule has 5 nitrogen and oxygen atoms in total. The molecule has 0 atom stereocenters. The third kappa shape index (κ3) is 2.66. The fraction of sp³-hybridized carbons (Fsp3) is 0.286. The van der Waals surface area contributed by atoms with Gasteiger partial charge in [-0.15, -0.1) is 0 Å². The smallest absolute Gasteiger partial charge is 0.324 e. The van der Waals surface area contributed by atoms with Crippen molar-refractivity contribution in [2.45, 2.75) is 13.1 Å². The maximum Gasteiger partial charge on any atom is 0.324 e. The molecule has 20 heavy (non-hydrogen) atoms. The molecular weight excluding hydrogens is 274 g/mol. The second-order valence-corrected chi connectivity index (χ2v) is 5.87. The van der Waals surface area contributed by atoms with E-state index < -0.39 is 0 Å². The van der Waals surface area contributed by atoms with E-state index in [0.717, 1.165) is 31.1 Å². The van der Waals surface area contributed by atoms with Crippen LogP contribution in [0, 0.1) is 10.1 Å². The summed E-state index contributed by atoms with van der Waals surface area (Å²) in [5.41, 5.74) is 2.49. The molecule has 0 saturated carbocycles. The predicted molar refractivity (Wildman–Crippen MR) is 80.2 cm³/mol. The number of benzene rings is 1. The van der Waals surface area contributed by atoms with Crippen LogP contribution in [-0.4, -0.2) is 18.0 Å². The van der Waals surface area contributed by atoms with Crippen molar-refractivity contribution >= 4 is 22.0 Å². The van der Waals surface area contributed by atoms with Crippen LogP contribution < -0.4 is 10.2 Å². The van der Waals surface area contributed by atoms with Gasteiger partial charge in [0.15, 0.2) is 0 Å². The highest BCUT2D eigenvalue weighted by Gasteiger charge is 2.17. The van der Waals surface area contributed by atoms with Gasteiger partial charge in [0, 0.05) is 36.3 Å². The molecule has 0 bridgehead atoms. The van der Waals surface area contributed by atoms with E-state index in [2.05, 4.69) is 22.3 Å². The van der Waals surface area contributed by atoms with E-state index in [4.69, 9.17) is 0 Å². The van der Waals surface area contributed by atoms with Crippen LogP contribution in [-0.2, 0) is 13.1 Å². The van der Waals surface area contributed by atoms with Crippen LogP contribution in [0.15, 0.2) is 36.4 Å². The number of hydrogen-bond donors (Lipinski definition) is 1. The van der Waals surface area contributed by atoms with Gasteiger partial charge in [0.05, 0.1) is 11.5 Å². The fourth-order valence-electron chi connectivity index (χ4n) is 2.43. The number of fused-ring (bicyclic) bond motifs is 1. The van der Waals surface area contributed by atoms with Crippen LogP contribution in [0.2, 0.25) is 0 Å². The maximum atomic E-state index is 10.8. The molecule has 0 radical (unpaired) electrons. The highest BCUT2D eigenvalue weighted by molar-refractivity contribution is 7.15. The standard InChI is InChI=1S/C14H15N3O2S/c18-17(19)14-6-5-12(20-14)10-16-8-7-15-9-11-3-1-2-4-13(11)16/h1-6,15H,7-10H2. The molecule has 0 spiro atoms. The second kappa shape index (κ2) is 5.60. The van der Waals surface area contributed by atoms with E-state index in [1.54, 1.807) is 6.07 Å². The number of hydrogen-bond acceptors (Lipinski definition) is 5. The molecule has 2 aromatic rings. The second-order valence-electron chi connectivity index (χ2n) is 4.72. The van der Waals surface area contributed by atoms with Gasteiger partial charge in [0.1, 0.15) is 0 Å². The van der Waals surface area contributed by atoms with Crippen LogP contribution >= 0.6 is 11.3 Å². The maximum absolute atomic E-state index is 10.8. The van der Waals surface area contributed by atoms with Gasteiger partial charge in [-0.25, -0.2) is 0 Å². The first-order chi connectivity index (χ1) is 9.74. The van der Waals surface area contributed by atoms with E-state index >= 15 is 0 Å². The Morgan fingerprint density at radius 3 is 2.95 bits per heavy atom. The Labute approximate surface area is 121 Å². The lowest BCUT2D eigenvalue weighted by Gasteiger charge is -2.23. The fourth-order valence-corrected chi connectivity index (χ4v) is 3.26.